The summed E-state index contributed by atoms with van der Waals surface area (Å²) >= 11 is 0. The molecule has 1 aliphatic carbocycles. The van der Waals surface area contributed by atoms with E-state index < -0.39 is 9.84 Å². The molecule has 1 fully saturated rings. The molecule has 0 bridgehead atoms. The molecule has 3 N–H and O–H groups in total. The van der Waals surface area contributed by atoms with E-state index in [4.69, 9.17) is 0 Å². The van der Waals surface area contributed by atoms with Crippen LogP contribution < -0.4 is 16.0 Å². The predicted molar refractivity (Wildman–Crippen MR) is 123 cm³/mol. The first-order valence-electron chi connectivity index (χ1n) is 10.4. The highest BCUT2D eigenvalue weighted by atomic mass is 32.2. The van der Waals surface area contributed by atoms with E-state index in [9.17, 15) is 13.7 Å². The van der Waals surface area contributed by atoms with Crippen molar-refractivity contribution in [2.75, 3.05) is 30.0 Å². The molecule has 3 aromatic rings. The van der Waals surface area contributed by atoms with E-state index in [1.54, 1.807) is 4.52 Å². The van der Waals surface area contributed by atoms with Gasteiger partial charge in [0, 0.05) is 37.1 Å². The van der Waals surface area contributed by atoms with Gasteiger partial charge in [0.15, 0.2) is 15.5 Å². The van der Waals surface area contributed by atoms with Gasteiger partial charge in [-0.1, -0.05) is 12.1 Å². The van der Waals surface area contributed by atoms with E-state index in [1.165, 1.54) is 12.5 Å². The highest BCUT2D eigenvalue weighted by molar-refractivity contribution is 7.89. The fourth-order valence-corrected chi connectivity index (χ4v) is 4.66. The van der Waals surface area contributed by atoms with Crippen molar-refractivity contribution in [3.63, 3.8) is 0 Å². The highest BCUT2D eigenvalue weighted by Crippen LogP contribution is 2.30. The third kappa shape index (κ3) is 4.30. The van der Waals surface area contributed by atoms with Crippen LogP contribution in [-0.2, 0) is 15.6 Å². The summed E-state index contributed by atoms with van der Waals surface area (Å²) in [6.07, 6.45) is 7.03. The molecule has 32 heavy (non-hydrogen) atoms. The van der Waals surface area contributed by atoms with Crippen LogP contribution in [0, 0.1) is 11.3 Å². The molecule has 164 valence electrons. The van der Waals surface area contributed by atoms with Gasteiger partial charge in [0.1, 0.15) is 23.3 Å². The number of nitrogens with zero attached hydrogens (tertiary/aromatic N) is 4. The smallest absolute Gasteiger partial charge is 0.177 e. The Balaban J connectivity index is 1.53. The maximum Gasteiger partial charge on any atom is 0.177 e. The van der Waals surface area contributed by atoms with Crippen molar-refractivity contribution >= 4 is 38.4 Å². The number of hydrogen-bond acceptors (Lipinski definition) is 8. The minimum atomic E-state index is -3.21. The molecule has 3 heterocycles. The average molecular weight is 450 g/mol. The van der Waals surface area contributed by atoms with Gasteiger partial charge in [0.05, 0.1) is 11.9 Å². The maximum absolute atomic E-state index is 12.1. The van der Waals surface area contributed by atoms with Crippen molar-refractivity contribution in [3.8, 4) is 6.07 Å². The molecule has 1 aromatic carbocycles. The quantitative estimate of drug-likeness (QED) is 0.502. The van der Waals surface area contributed by atoms with Crippen molar-refractivity contribution in [1.82, 2.24) is 19.9 Å². The van der Waals surface area contributed by atoms with Crippen LogP contribution in [0.25, 0.3) is 11.2 Å². The third-order valence-corrected chi connectivity index (χ3v) is 6.31. The summed E-state index contributed by atoms with van der Waals surface area (Å²) in [6, 6.07) is 10.1. The molecule has 0 atom stereocenters. The zero-order chi connectivity index (χ0) is 22.3. The van der Waals surface area contributed by atoms with Crippen LogP contribution >= 0.6 is 0 Å². The van der Waals surface area contributed by atoms with Gasteiger partial charge in [-0.05, 0) is 41.7 Å². The lowest BCUT2D eigenvalue weighted by Crippen LogP contribution is -2.10. The Morgan fingerprint density at radius 2 is 2.16 bits per heavy atom. The van der Waals surface area contributed by atoms with Crippen molar-refractivity contribution in [2.45, 2.75) is 24.6 Å². The summed E-state index contributed by atoms with van der Waals surface area (Å²) in [7, 11) is -3.21. The van der Waals surface area contributed by atoms with Crippen molar-refractivity contribution in [2.24, 2.45) is 0 Å². The van der Waals surface area contributed by atoms with Crippen LogP contribution in [0.4, 0.5) is 17.3 Å². The number of benzene rings is 1. The summed E-state index contributed by atoms with van der Waals surface area (Å²) < 4.78 is 25.8. The third-order valence-electron chi connectivity index (χ3n) is 5.47. The SMILES string of the molecule is CS(=O)(=O)Cc1cc(Nc2cc(NC3CC3)n3ncc(C#N)c3n2)ccc1C1=CCNC1. The normalized spacial score (nSPS) is 16.1. The molecule has 0 radical (unpaired) electrons. The van der Waals surface area contributed by atoms with Gasteiger partial charge in [-0.3, -0.25) is 0 Å². The van der Waals surface area contributed by atoms with Gasteiger partial charge in [-0.15, -0.1) is 0 Å². The van der Waals surface area contributed by atoms with E-state index >= 15 is 0 Å². The molecule has 10 heteroatoms. The van der Waals surface area contributed by atoms with Crippen LogP contribution in [0.3, 0.4) is 0 Å². The lowest BCUT2D eigenvalue weighted by atomic mass is 10.0. The number of aromatic nitrogens is 3. The second-order valence-electron chi connectivity index (χ2n) is 8.28. The molecule has 1 aliphatic heterocycles. The van der Waals surface area contributed by atoms with Gasteiger partial charge in [0.25, 0.3) is 0 Å². The van der Waals surface area contributed by atoms with Gasteiger partial charge >= 0.3 is 0 Å². The van der Waals surface area contributed by atoms with E-state index in [-0.39, 0.29) is 5.75 Å². The molecule has 0 amide bonds. The fourth-order valence-electron chi connectivity index (χ4n) is 3.86. The lowest BCUT2D eigenvalue weighted by Gasteiger charge is -2.15. The molecule has 5 rings (SSSR count). The van der Waals surface area contributed by atoms with E-state index in [0.717, 1.165) is 54.1 Å². The van der Waals surface area contributed by atoms with Gasteiger partial charge < -0.3 is 16.0 Å². The monoisotopic (exact) mass is 449 g/mol. The molecule has 0 saturated heterocycles. The van der Waals surface area contributed by atoms with Crippen LogP contribution in [0.15, 0.2) is 36.5 Å². The van der Waals surface area contributed by atoms with E-state index in [2.05, 4.69) is 38.2 Å². The molecular weight excluding hydrogens is 426 g/mol. The second kappa shape index (κ2) is 7.93. The number of anilines is 3. The molecule has 0 unspecified atom stereocenters. The first-order chi connectivity index (χ1) is 15.4. The number of nitriles is 1. The highest BCUT2D eigenvalue weighted by Gasteiger charge is 2.23. The molecule has 1 saturated carbocycles. The summed E-state index contributed by atoms with van der Waals surface area (Å²) in [6.45, 7) is 1.50. The fraction of sp³-hybridized carbons (Fsp3) is 0.318. The van der Waals surface area contributed by atoms with Crippen molar-refractivity contribution < 1.29 is 8.42 Å². The van der Waals surface area contributed by atoms with E-state index in [0.29, 0.717) is 23.1 Å². The predicted octanol–water partition coefficient (Wildman–Crippen LogP) is 2.45. The summed E-state index contributed by atoms with van der Waals surface area (Å²) in [4.78, 5) is 4.58. The zero-order valence-corrected chi connectivity index (χ0v) is 18.4. The Morgan fingerprint density at radius 3 is 2.84 bits per heavy atom. The zero-order valence-electron chi connectivity index (χ0n) is 17.6. The number of fused-ring (bicyclic) bond motifs is 1. The maximum atomic E-state index is 12.1. The van der Waals surface area contributed by atoms with Gasteiger partial charge in [-0.2, -0.15) is 14.9 Å². The molecule has 9 nitrogen and oxygen atoms in total. The van der Waals surface area contributed by atoms with Crippen LogP contribution in [-0.4, -0.2) is 48.4 Å². The summed E-state index contributed by atoms with van der Waals surface area (Å²) in [5.74, 6) is 1.27. The number of rotatable bonds is 7. The minimum absolute atomic E-state index is 0.0443. The van der Waals surface area contributed by atoms with Gasteiger partial charge in [-0.25, -0.2) is 13.4 Å². The first kappa shape index (κ1) is 20.5. The molecule has 0 spiro atoms. The molecule has 2 aliphatic rings. The average Bonchev–Trinajstić information content (AvgIpc) is 3.22. The number of nitrogens with one attached hydrogen (secondary N) is 3. The topological polar surface area (TPSA) is 124 Å². The van der Waals surface area contributed by atoms with E-state index in [1.807, 2.05) is 24.3 Å². The Labute approximate surface area is 186 Å². The van der Waals surface area contributed by atoms with Crippen LogP contribution in [0.5, 0.6) is 0 Å². The molecular formula is C22H23N7O2S. The first-order valence-corrected chi connectivity index (χ1v) is 12.5. The lowest BCUT2D eigenvalue weighted by molar-refractivity contribution is 0.601. The minimum Gasteiger partial charge on any atom is -0.367 e. The van der Waals surface area contributed by atoms with Crippen LogP contribution in [0.2, 0.25) is 0 Å². The number of hydrogen-bond donors (Lipinski definition) is 3. The largest absolute Gasteiger partial charge is 0.367 e. The summed E-state index contributed by atoms with van der Waals surface area (Å²) in [5.41, 5.74) is 4.37. The number of sulfone groups is 1. The Morgan fingerprint density at radius 1 is 1.31 bits per heavy atom. The van der Waals surface area contributed by atoms with Gasteiger partial charge in [0.2, 0.25) is 0 Å². The standard InChI is InChI=1S/C22H23N7O2S/c1-32(30,31)13-15-8-18(4-5-19(15)14-6-7-24-11-14)26-20-9-21(27-17-2-3-17)29-22(28-20)16(10-23)12-25-29/h4-6,8-9,12,17,24,27H,2-3,7,11,13H2,1H3,(H,26,28). The summed E-state index contributed by atoms with van der Waals surface area (Å²) in [5, 5.41) is 23.7. The Bertz CT molecular complexity index is 1380. The molecule has 2 aromatic heterocycles. The van der Waals surface area contributed by atoms with Crippen molar-refractivity contribution in [1.29, 1.82) is 5.26 Å². The second-order valence-corrected chi connectivity index (χ2v) is 10.4. The Kier molecular flexibility index (Phi) is 5.07. The van der Waals surface area contributed by atoms with Crippen LogP contribution in [0.1, 0.15) is 29.5 Å². The van der Waals surface area contributed by atoms with Crippen molar-refractivity contribution in [3.05, 3.63) is 53.2 Å². The Hall–Kier alpha value is -3.42.